The molecule has 0 N–H and O–H groups in total. The van der Waals surface area contributed by atoms with E-state index in [1.54, 1.807) is 6.08 Å². The Morgan fingerprint density at radius 3 is 2.94 bits per heavy atom. The van der Waals surface area contributed by atoms with Crippen LogP contribution in [0.1, 0.15) is 11.3 Å². The van der Waals surface area contributed by atoms with Gasteiger partial charge in [-0.25, -0.2) is 0 Å². The fourth-order valence-electron chi connectivity index (χ4n) is 1.40. The van der Waals surface area contributed by atoms with Crippen molar-refractivity contribution in [1.82, 2.24) is 4.90 Å². The maximum absolute atomic E-state index is 12.0. The van der Waals surface area contributed by atoms with Gasteiger partial charge in [0.2, 0.25) is 0 Å². The van der Waals surface area contributed by atoms with Gasteiger partial charge in [0.15, 0.2) is 0 Å². The summed E-state index contributed by atoms with van der Waals surface area (Å²) in [6.45, 7) is 0.0643. The van der Waals surface area contributed by atoms with Gasteiger partial charge >= 0.3 is 0 Å². The molecular weight excluding hydrogens is 290 g/mol. The van der Waals surface area contributed by atoms with Crippen LogP contribution < -0.4 is 5.11 Å². The summed E-state index contributed by atoms with van der Waals surface area (Å²) >= 11 is 7.78. The number of aliphatic carboxylic acids is 1. The summed E-state index contributed by atoms with van der Waals surface area (Å²) in [6.07, 6.45) is 1.56. The molecule has 2 heterocycles. The second-order valence-electron chi connectivity index (χ2n) is 3.47. The number of carbonyl (C=O) groups excluding carboxylic acids is 2. The molecule has 1 saturated heterocycles. The Kier molecular flexibility index (Phi) is 4.15. The van der Waals surface area contributed by atoms with E-state index in [-0.39, 0.29) is 18.9 Å². The Morgan fingerprint density at radius 2 is 2.33 bits per heavy atom. The minimum Gasteiger partial charge on any atom is -0.550 e. The lowest BCUT2D eigenvalue weighted by atomic mass is 10.3. The molecule has 0 bridgehead atoms. The van der Waals surface area contributed by atoms with Crippen LogP contribution in [0.4, 0.5) is 0 Å². The molecule has 0 radical (unpaired) electrons. The largest absolute Gasteiger partial charge is 0.550 e. The second kappa shape index (κ2) is 5.64. The van der Waals surface area contributed by atoms with Gasteiger partial charge in [-0.1, -0.05) is 30.0 Å². The quantitative estimate of drug-likeness (QED) is 0.615. The van der Waals surface area contributed by atoms with Crippen molar-refractivity contribution in [2.75, 3.05) is 6.54 Å². The highest BCUT2D eigenvalue weighted by Gasteiger charge is 2.31. The van der Waals surface area contributed by atoms with Gasteiger partial charge in [-0.05, 0) is 17.5 Å². The van der Waals surface area contributed by atoms with E-state index in [0.29, 0.717) is 9.23 Å². The third kappa shape index (κ3) is 2.98. The Bertz CT molecular complexity index is 522. The highest BCUT2D eigenvalue weighted by molar-refractivity contribution is 8.26. The summed E-state index contributed by atoms with van der Waals surface area (Å²) < 4.78 is 0.393. The molecule has 0 spiro atoms. The van der Waals surface area contributed by atoms with Crippen molar-refractivity contribution in [3.05, 3.63) is 27.3 Å². The summed E-state index contributed by atoms with van der Waals surface area (Å²) in [4.78, 5) is 25.2. The van der Waals surface area contributed by atoms with Crippen LogP contribution in [0.5, 0.6) is 0 Å². The normalized spacial score (nSPS) is 17.8. The van der Waals surface area contributed by atoms with Gasteiger partial charge in [0.25, 0.3) is 5.91 Å². The lowest BCUT2D eigenvalue weighted by Gasteiger charge is -2.14. The summed E-state index contributed by atoms with van der Waals surface area (Å²) in [5, 5.41) is 12.3. The summed E-state index contributed by atoms with van der Waals surface area (Å²) in [6, 6.07) is 3.80. The molecule has 7 heteroatoms. The molecule has 0 aromatic carbocycles. The lowest BCUT2D eigenvalue weighted by molar-refractivity contribution is -0.305. The molecule has 0 saturated carbocycles. The Morgan fingerprint density at radius 1 is 1.56 bits per heavy atom. The van der Waals surface area contributed by atoms with Crippen molar-refractivity contribution in [3.8, 4) is 0 Å². The molecule has 94 valence electrons. The maximum atomic E-state index is 12.0. The minimum atomic E-state index is -1.19. The second-order valence-corrected chi connectivity index (χ2v) is 6.13. The number of hydrogen-bond donors (Lipinski definition) is 0. The molecule has 1 fully saturated rings. The number of carboxylic acids is 1. The summed E-state index contributed by atoms with van der Waals surface area (Å²) in [5.74, 6) is -1.43. The van der Waals surface area contributed by atoms with Crippen molar-refractivity contribution in [3.63, 3.8) is 0 Å². The first-order valence-electron chi connectivity index (χ1n) is 5.06. The molecule has 2 rings (SSSR count). The third-order valence-corrected chi connectivity index (χ3v) is 4.43. The van der Waals surface area contributed by atoms with Crippen LogP contribution in [0, 0.1) is 0 Å². The number of rotatable bonds is 4. The molecule has 0 atom stereocenters. The van der Waals surface area contributed by atoms with Crippen molar-refractivity contribution in [2.45, 2.75) is 6.42 Å². The number of carboxylic acid groups (broad SMARTS) is 1. The average Bonchev–Trinajstić information content (AvgIpc) is 2.88. The van der Waals surface area contributed by atoms with Crippen LogP contribution in [0.15, 0.2) is 22.4 Å². The molecular formula is C11H8NO3S3-. The smallest absolute Gasteiger partial charge is 0.266 e. The number of thiophene rings is 1. The van der Waals surface area contributed by atoms with E-state index in [1.165, 1.54) is 28.0 Å². The monoisotopic (exact) mass is 298 g/mol. The topological polar surface area (TPSA) is 60.4 Å². The standard InChI is InChI=1S/C11H9NO3S3/c13-9(14)3-4-12-10(15)8(18-11(12)16)6-7-2-1-5-17-7/h1-2,5-6H,3-4H2,(H,13,14)/p-1/b8-6-. The van der Waals surface area contributed by atoms with E-state index in [2.05, 4.69) is 0 Å². The minimum absolute atomic E-state index is 0.0643. The van der Waals surface area contributed by atoms with E-state index in [4.69, 9.17) is 12.2 Å². The zero-order chi connectivity index (χ0) is 13.1. The zero-order valence-corrected chi connectivity index (χ0v) is 11.6. The van der Waals surface area contributed by atoms with Crippen molar-refractivity contribution in [2.24, 2.45) is 0 Å². The molecule has 1 aromatic heterocycles. The first-order valence-corrected chi connectivity index (χ1v) is 7.17. The zero-order valence-electron chi connectivity index (χ0n) is 9.12. The molecule has 1 aliphatic rings. The van der Waals surface area contributed by atoms with Crippen molar-refractivity contribution >= 4 is 57.6 Å². The van der Waals surface area contributed by atoms with E-state index in [1.807, 2.05) is 17.5 Å². The number of thioether (sulfide) groups is 1. The van der Waals surface area contributed by atoms with Gasteiger partial charge in [0, 0.05) is 23.8 Å². The Labute approximate surface area is 117 Å². The molecule has 1 amide bonds. The Balaban J connectivity index is 2.11. The first kappa shape index (κ1) is 13.3. The number of thiocarbonyl (C=S) groups is 1. The molecule has 1 aromatic rings. The van der Waals surface area contributed by atoms with Crippen molar-refractivity contribution in [1.29, 1.82) is 0 Å². The van der Waals surface area contributed by atoms with Crippen LogP contribution in [-0.4, -0.2) is 27.6 Å². The fraction of sp³-hybridized carbons (Fsp3) is 0.182. The maximum Gasteiger partial charge on any atom is 0.266 e. The average molecular weight is 298 g/mol. The molecule has 0 aliphatic carbocycles. The molecule has 4 nitrogen and oxygen atoms in total. The number of hydrogen-bond acceptors (Lipinski definition) is 6. The highest BCUT2D eigenvalue weighted by atomic mass is 32.2. The van der Waals surface area contributed by atoms with E-state index in [9.17, 15) is 14.7 Å². The predicted molar refractivity (Wildman–Crippen MR) is 73.8 cm³/mol. The summed E-state index contributed by atoms with van der Waals surface area (Å²) in [7, 11) is 0. The molecule has 1 aliphatic heterocycles. The number of amides is 1. The SMILES string of the molecule is O=C([O-])CCN1C(=O)/C(=C/c2cccs2)SC1=S. The molecule has 18 heavy (non-hydrogen) atoms. The Hall–Kier alpha value is -1.18. The van der Waals surface area contributed by atoms with Crippen LogP contribution in [-0.2, 0) is 9.59 Å². The predicted octanol–water partition coefficient (Wildman–Crippen LogP) is 1.09. The lowest BCUT2D eigenvalue weighted by Crippen LogP contribution is -2.33. The van der Waals surface area contributed by atoms with Crippen LogP contribution in [0.2, 0.25) is 0 Å². The highest BCUT2D eigenvalue weighted by Crippen LogP contribution is 2.33. The van der Waals surface area contributed by atoms with Gasteiger partial charge in [-0.2, -0.15) is 0 Å². The van der Waals surface area contributed by atoms with Gasteiger partial charge < -0.3 is 9.90 Å². The van der Waals surface area contributed by atoms with Gasteiger partial charge in [-0.15, -0.1) is 11.3 Å². The summed E-state index contributed by atoms with van der Waals surface area (Å²) in [5.41, 5.74) is 0. The van der Waals surface area contributed by atoms with Gasteiger partial charge in [0.05, 0.1) is 4.91 Å². The fourth-order valence-corrected chi connectivity index (χ4v) is 3.43. The third-order valence-electron chi connectivity index (χ3n) is 2.23. The van der Waals surface area contributed by atoms with Crippen molar-refractivity contribution < 1.29 is 14.7 Å². The van der Waals surface area contributed by atoms with Gasteiger partial charge in [0.1, 0.15) is 4.32 Å². The van der Waals surface area contributed by atoms with Crippen LogP contribution >= 0.6 is 35.3 Å². The first-order chi connectivity index (χ1) is 8.58. The van der Waals surface area contributed by atoms with Crippen LogP contribution in [0.3, 0.4) is 0 Å². The van der Waals surface area contributed by atoms with E-state index >= 15 is 0 Å². The van der Waals surface area contributed by atoms with Crippen LogP contribution in [0.25, 0.3) is 6.08 Å². The van der Waals surface area contributed by atoms with E-state index < -0.39 is 5.97 Å². The number of nitrogens with zero attached hydrogens (tertiary/aromatic N) is 1. The number of carbonyl (C=O) groups is 2. The van der Waals surface area contributed by atoms with E-state index in [0.717, 1.165) is 4.88 Å². The molecule has 0 unspecified atom stereocenters. The van der Waals surface area contributed by atoms with Gasteiger partial charge in [-0.3, -0.25) is 9.69 Å².